The number of halogens is 1. The normalized spacial score (nSPS) is 20.5. The summed E-state index contributed by atoms with van der Waals surface area (Å²) in [5.41, 5.74) is 1.09. The molecule has 0 fully saturated rings. The van der Waals surface area contributed by atoms with Crippen LogP contribution >= 0.6 is 11.8 Å². The van der Waals surface area contributed by atoms with Crippen molar-refractivity contribution in [1.29, 1.82) is 0 Å². The van der Waals surface area contributed by atoms with Crippen LogP contribution in [0.1, 0.15) is 31.9 Å². The topological polar surface area (TPSA) is 21.3 Å². The molecule has 0 radical (unpaired) electrons. The first-order chi connectivity index (χ1) is 8.70. The molecule has 1 heterocycles. The molecule has 4 heteroatoms. The summed E-state index contributed by atoms with van der Waals surface area (Å²) in [6, 6.07) is 5.61. The molecule has 0 saturated heterocycles. The SMILES string of the molecule is CCOCC(C)NC1CCSc2ccc(F)cc21. The Balaban J connectivity index is 2.05. The van der Waals surface area contributed by atoms with Gasteiger partial charge in [0.05, 0.1) is 6.61 Å². The Morgan fingerprint density at radius 1 is 1.56 bits per heavy atom. The molecule has 0 saturated carbocycles. The fourth-order valence-corrected chi connectivity index (χ4v) is 3.33. The lowest BCUT2D eigenvalue weighted by Gasteiger charge is -2.28. The molecule has 0 bridgehead atoms. The van der Waals surface area contributed by atoms with Gasteiger partial charge < -0.3 is 10.1 Å². The minimum Gasteiger partial charge on any atom is -0.380 e. The highest BCUT2D eigenvalue weighted by Crippen LogP contribution is 2.36. The number of fused-ring (bicyclic) bond motifs is 1. The molecule has 0 aliphatic carbocycles. The van der Waals surface area contributed by atoms with E-state index in [1.165, 1.54) is 11.0 Å². The van der Waals surface area contributed by atoms with Crippen LogP contribution in [-0.2, 0) is 4.74 Å². The molecule has 18 heavy (non-hydrogen) atoms. The van der Waals surface area contributed by atoms with Gasteiger partial charge in [-0.1, -0.05) is 0 Å². The van der Waals surface area contributed by atoms with E-state index in [1.807, 2.05) is 24.8 Å². The van der Waals surface area contributed by atoms with Crippen molar-refractivity contribution in [2.75, 3.05) is 19.0 Å². The Bertz CT molecular complexity index is 399. The Kier molecular flexibility index (Phi) is 5.03. The molecule has 0 aromatic heterocycles. The third kappa shape index (κ3) is 3.46. The van der Waals surface area contributed by atoms with Crippen LogP contribution in [0.25, 0.3) is 0 Å². The number of hydrogen-bond donors (Lipinski definition) is 1. The number of rotatable bonds is 5. The molecule has 2 atom stereocenters. The van der Waals surface area contributed by atoms with Gasteiger partial charge in [-0.2, -0.15) is 0 Å². The first-order valence-corrected chi connectivity index (χ1v) is 7.45. The molecular weight excluding hydrogens is 249 g/mol. The zero-order valence-corrected chi connectivity index (χ0v) is 11.7. The molecule has 0 amide bonds. The van der Waals surface area contributed by atoms with Crippen LogP contribution in [0.2, 0.25) is 0 Å². The van der Waals surface area contributed by atoms with E-state index in [1.54, 1.807) is 6.07 Å². The van der Waals surface area contributed by atoms with Gasteiger partial charge in [0, 0.05) is 23.6 Å². The van der Waals surface area contributed by atoms with Crippen molar-refractivity contribution < 1.29 is 9.13 Å². The molecule has 1 aliphatic rings. The van der Waals surface area contributed by atoms with Gasteiger partial charge in [0.1, 0.15) is 5.82 Å². The maximum Gasteiger partial charge on any atom is 0.123 e. The van der Waals surface area contributed by atoms with Crippen molar-refractivity contribution >= 4 is 11.8 Å². The van der Waals surface area contributed by atoms with Crippen molar-refractivity contribution in [3.05, 3.63) is 29.6 Å². The Morgan fingerprint density at radius 2 is 2.39 bits per heavy atom. The number of thioether (sulfide) groups is 1. The van der Waals surface area contributed by atoms with Crippen LogP contribution in [0.5, 0.6) is 0 Å². The molecule has 100 valence electrons. The minimum absolute atomic E-state index is 0.152. The lowest BCUT2D eigenvalue weighted by Crippen LogP contribution is -2.35. The predicted molar refractivity (Wildman–Crippen MR) is 73.6 cm³/mol. The minimum atomic E-state index is -0.152. The van der Waals surface area contributed by atoms with Gasteiger partial charge in [-0.15, -0.1) is 11.8 Å². The molecule has 0 spiro atoms. The van der Waals surface area contributed by atoms with Crippen LogP contribution in [-0.4, -0.2) is 25.0 Å². The fraction of sp³-hybridized carbons (Fsp3) is 0.571. The lowest BCUT2D eigenvalue weighted by molar-refractivity contribution is 0.123. The molecule has 2 rings (SSSR count). The third-order valence-electron chi connectivity index (χ3n) is 3.07. The van der Waals surface area contributed by atoms with Crippen LogP contribution in [0.4, 0.5) is 4.39 Å². The molecular formula is C14H20FNOS. The summed E-state index contributed by atoms with van der Waals surface area (Å²) in [5, 5.41) is 3.53. The van der Waals surface area contributed by atoms with E-state index in [2.05, 4.69) is 12.2 Å². The van der Waals surface area contributed by atoms with E-state index >= 15 is 0 Å². The zero-order valence-electron chi connectivity index (χ0n) is 10.9. The zero-order chi connectivity index (χ0) is 13.0. The van der Waals surface area contributed by atoms with Crippen molar-refractivity contribution in [2.24, 2.45) is 0 Å². The van der Waals surface area contributed by atoms with Crippen molar-refractivity contribution in [3.63, 3.8) is 0 Å². The summed E-state index contributed by atoms with van der Waals surface area (Å²) in [6.45, 7) is 5.54. The highest BCUT2D eigenvalue weighted by Gasteiger charge is 2.22. The predicted octanol–water partition coefficient (Wildman–Crippen LogP) is 3.38. The Labute approximate surface area is 112 Å². The summed E-state index contributed by atoms with van der Waals surface area (Å²) < 4.78 is 18.8. The van der Waals surface area contributed by atoms with E-state index in [0.717, 1.165) is 24.3 Å². The van der Waals surface area contributed by atoms with E-state index < -0.39 is 0 Å². The van der Waals surface area contributed by atoms with Gasteiger partial charge in [0.15, 0.2) is 0 Å². The van der Waals surface area contributed by atoms with Gasteiger partial charge >= 0.3 is 0 Å². The van der Waals surface area contributed by atoms with Crippen LogP contribution in [0, 0.1) is 5.82 Å². The van der Waals surface area contributed by atoms with Crippen LogP contribution in [0.3, 0.4) is 0 Å². The van der Waals surface area contributed by atoms with E-state index in [-0.39, 0.29) is 17.9 Å². The van der Waals surface area contributed by atoms with E-state index in [0.29, 0.717) is 6.61 Å². The highest BCUT2D eigenvalue weighted by molar-refractivity contribution is 7.99. The summed E-state index contributed by atoms with van der Waals surface area (Å²) in [7, 11) is 0. The number of ether oxygens (including phenoxy) is 1. The van der Waals surface area contributed by atoms with Crippen LogP contribution in [0.15, 0.2) is 23.1 Å². The number of hydrogen-bond acceptors (Lipinski definition) is 3. The summed E-state index contributed by atoms with van der Waals surface area (Å²) in [5.74, 6) is 0.929. The summed E-state index contributed by atoms with van der Waals surface area (Å²) in [4.78, 5) is 1.20. The maximum absolute atomic E-state index is 13.3. The van der Waals surface area contributed by atoms with E-state index in [9.17, 15) is 4.39 Å². The molecule has 1 aliphatic heterocycles. The van der Waals surface area contributed by atoms with E-state index in [4.69, 9.17) is 4.74 Å². The first kappa shape index (κ1) is 13.8. The highest BCUT2D eigenvalue weighted by atomic mass is 32.2. The second-order valence-corrected chi connectivity index (χ2v) is 5.74. The maximum atomic E-state index is 13.3. The van der Waals surface area contributed by atoms with Gasteiger partial charge in [0.2, 0.25) is 0 Å². The average Bonchev–Trinajstić information content (AvgIpc) is 2.37. The molecule has 1 N–H and O–H groups in total. The third-order valence-corrected chi connectivity index (χ3v) is 4.19. The fourth-order valence-electron chi connectivity index (χ4n) is 2.22. The van der Waals surface area contributed by atoms with Crippen molar-refractivity contribution in [1.82, 2.24) is 5.32 Å². The molecule has 1 aromatic rings. The van der Waals surface area contributed by atoms with Crippen molar-refractivity contribution in [2.45, 2.75) is 37.2 Å². The van der Waals surface area contributed by atoms with Gasteiger partial charge in [-0.05, 0) is 49.8 Å². The standard InChI is InChI=1S/C14H20FNOS/c1-3-17-9-10(2)16-13-6-7-18-14-5-4-11(15)8-12(13)14/h4-5,8,10,13,16H,3,6-7,9H2,1-2H3. The van der Waals surface area contributed by atoms with Gasteiger partial charge in [-0.25, -0.2) is 4.39 Å². The second-order valence-electron chi connectivity index (χ2n) is 4.60. The van der Waals surface area contributed by atoms with Crippen LogP contribution < -0.4 is 5.32 Å². The smallest absolute Gasteiger partial charge is 0.123 e. The number of nitrogens with one attached hydrogen (secondary N) is 1. The summed E-state index contributed by atoms with van der Waals surface area (Å²) in [6.07, 6.45) is 1.04. The molecule has 2 nitrogen and oxygen atoms in total. The Hall–Kier alpha value is -0.580. The van der Waals surface area contributed by atoms with Gasteiger partial charge in [0.25, 0.3) is 0 Å². The number of benzene rings is 1. The summed E-state index contributed by atoms with van der Waals surface area (Å²) >= 11 is 1.81. The monoisotopic (exact) mass is 269 g/mol. The molecule has 1 aromatic carbocycles. The van der Waals surface area contributed by atoms with Gasteiger partial charge in [-0.3, -0.25) is 0 Å². The quantitative estimate of drug-likeness (QED) is 0.885. The average molecular weight is 269 g/mol. The molecule has 2 unspecified atom stereocenters. The van der Waals surface area contributed by atoms with Crippen molar-refractivity contribution in [3.8, 4) is 0 Å². The largest absolute Gasteiger partial charge is 0.380 e. The second kappa shape index (κ2) is 6.55. The first-order valence-electron chi connectivity index (χ1n) is 6.46. The lowest BCUT2D eigenvalue weighted by atomic mass is 10.0. The Morgan fingerprint density at radius 3 is 3.17 bits per heavy atom.